The molecule has 16 heavy (non-hydrogen) atoms. The molecule has 0 bridgehead atoms. The number of para-hydroxylation sites is 1. The van der Waals surface area contributed by atoms with Crippen molar-refractivity contribution in [2.75, 3.05) is 0 Å². The second-order valence-corrected chi connectivity index (χ2v) is 3.32. The van der Waals surface area contributed by atoms with Crippen molar-refractivity contribution in [2.24, 2.45) is 0 Å². The van der Waals surface area contributed by atoms with Gasteiger partial charge in [0.25, 0.3) is 0 Å². The van der Waals surface area contributed by atoms with E-state index in [1.165, 1.54) is 0 Å². The molecule has 0 aliphatic rings. The van der Waals surface area contributed by atoms with Gasteiger partial charge >= 0.3 is 0 Å². The van der Waals surface area contributed by atoms with E-state index in [2.05, 4.69) is 0 Å². The maximum Gasteiger partial charge on any atom is 0.150 e. The summed E-state index contributed by atoms with van der Waals surface area (Å²) in [4.78, 5) is 10.0. The molecule has 0 heterocycles. The van der Waals surface area contributed by atoms with Gasteiger partial charge in [0.1, 0.15) is 12.0 Å². The molecular formula is C14H14O2. The van der Waals surface area contributed by atoms with Gasteiger partial charge in [-0.3, -0.25) is 4.79 Å². The normalized spacial score (nSPS) is 8.81. The predicted octanol–water partition coefficient (Wildman–Crippen LogP) is 3.20. The highest BCUT2D eigenvalue weighted by atomic mass is 16.3. The Balaban J connectivity index is 0.000000160. The number of aldehydes is 1. The third kappa shape index (κ3) is 3.96. The van der Waals surface area contributed by atoms with Gasteiger partial charge in [0.15, 0.2) is 0 Å². The lowest BCUT2D eigenvalue weighted by molar-refractivity contribution is 0.112. The van der Waals surface area contributed by atoms with Gasteiger partial charge in [-0.15, -0.1) is 0 Å². The van der Waals surface area contributed by atoms with Crippen molar-refractivity contribution >= 4 is 6.29 Å². The van der Waals surface area contributed by atoms with Gasteiger partial charge in [-0.05, 0) is 18.6 Å². The molecule has 0 aliphatic heterocycles. The number of carbonyl (C=O) groups is 1. The SMILES string of the molecule is Cc1ccccc1O.O=Cc1ccccc1. The van der Waals surface area contributed by atoms with Gasteiger partial charge < -0.3 is 5.11 Å². The third-order valence-electron chi connectivity index (χ3n) is 2.05. The Bertz CT molecular complexity index is 414. The third-order valence-corrected chi connectivity index (χ3v) is 2.05. The molecule has 82 valence electrons. The van der Waals surface area contributed by atoms with Crippen LogP contribution in [0.5, 0.6) is 5.75 Å². The minimum Gasteiger partial charge on any atom is -0.508 e. The van der Waals surface area contributed by atoms with Gasteiger partial charge in [-0.25, -0.2) is 0 Å². The highest BCUT2D eigenvalue weighted by molar-refractivity contribution is 5.74. The predicted molar refractivity (Wildman–Crippen MR) is 64.7 cm³/mol. The number of aryl methyl sites for hydroxylation is 1. The maximum atomic E-state index is 10.0. The van der Waals surface area contributed by atoms with Gasteiger partial charge in [0.2, 0.25) is 0 Å². The van der Waals surface area contributed by atoms with Gasteiger partial charge in [0.05, 0.1) is 0 Å². The Labute approximate surface area is 95.2 Å². The van der Waals surface area contributed by atoms with Crippen LogP contribution in [0.1, 0.15) is 15.9 Å². The average molecular weight is 214 g/mol. The zero-order chi connectivity index (χ0) is 11.8. The number of carbonyl (C=O) groups excluding carboxylic acids is 1. The van der Waals surface area contributed by atoms with Crippen LogP contribution in [0.25, 0.3) is 0 Å². The van der Waals surface area contributed by atoms with Crippen molar-refractivity contribution in [3.8, 4) is 5.75 Å². The number of hydrogen-bond acceptors (Lipinski definition) is 2. The van der Waals surface area contributed by atoms with Crippen molar-refractivity contribution in [1.29, 1.82) is 0 Å². The largest absolute Gasteiger partial charge is 0.508 e. The molecule has 0 aliphatic carbocycles. The second kappa shape index (κ2) is 6.40. The number of hydrogen-bond donors (Lipinski definition) is 1. The first-order chi connectivity index (χ1) is 7.74. The summed E-state index contributed by atoms with van der Waals surface area (Å²) in [6, 6.07) is 16.3. The summed E-state index contributed by atoms with van der Waals surface area (Å²) in [6.07, 6.45) is 0.833. The summed E-state index contributed by atoms with van der Waals surface area (Å²) in [7, 11) is 0. The van der Waals surface area contributed by atoms with Crippen LogP contribution in [-0.2, 0) is 0 Å². The average Bonchev–Trinajstić information content (AvgIpc) is 2.35. The monoisotopic (exact) mass is 214 g/mol. The molecule has 0 amide bonds. The smallest absolute Gasteiger partial charge is 0.150 e. The minimum atomic E-state index is 0.368. The quantitative estimate of drug-likeness (QED) is 0.740. The molecule has 2 aromatic carbocycles. The zero-order valence-corrected chi connectivity index (χ0v) is 9.13. The molecule has 0 aromatic heterocycles. The molecule has 0 saturated heterocycles. The number of rotatable bonds is 1. The number of phenols is 1. The summed E-state index contributed by atoms with van der Waals surface area (Å²) in [6.45, 7) is 1.87. The van der Waals surface area contributed by atoms with E-state index in [1.807, 2.05) is 43.3 Å². The Morgan fingerprint density at radius 3 is 1.88 bits per heavy atom. The van der Waals surface area contributed by atoms with Gasteiger partial charge in [0, 0.05) is 5.56 Å². The van der Waals surface area contributed by atoms with Crippen LogP contribution in [0, 0.1) is 6.92 Å². The first kappa shape index (κ1) is 12.0. The summed E-state index contributed by atoms with van der Waals surface area (Å²) in [5, 5.41) is 8.92. The first-order valence-corrected chi connectivity index (χ1v) is 4.99. The fourth-order valence-corrected chi connectivity index (χ4v) is 1.10. The van der Waals surface area contributed by atoms with E-state index in [0.717, 1.165) is 17.4 Å². The van der Waals surface area contributed by atoms with Crippen LogP contribution < -0.4 is 0 Å². The van der Waals surface area contributed by atoms with Crippen LogP contribution in [-0.4, -0.2) is 11.4 Å². The topological polar surface area (TPSA) is 37.3 Å². The van der Waals surface area contributed by atoms with Gasteiger partial charge in [-0.1, -0.05) is 48.5 Å². The number of aromatic hydroxyl groups is 1. The fourth-order valence-electron chi connectivity index (χ4n) is 1.10. The molecule has 0 unspecified atom stereocenters. The molecule has 0 fully saturated rings. The lowest BCUT2D eigenvalue weighted by atomic mass is 10.2. The molecule has 0 atom stereocenters. The Hall–Kier alpha value is -2.09. The molecule has 0 radical (unpaired) electrons. The van der Waals surface area contributed by atoms with Crippen molar-refractivity contribution in [3.63, 3.8) is 0 Å². The Kier molecular flexibility index (Phi) is 4.80. The van der Waals surface area contributed by atoms with Crippen LogP contribution in [0.15, 0.2) is 54.6 Å². The molecule has 1 N–H and O–H groups in total. The minimum absolute atomic E-state index is 0.368. The van der Waals surface area contributed by atoms with E-state index < -0.39 is 0 Å². The summed E-state index contributed by atoms with van der Waals surface area (Å²) in [5.41, 5.74) is 1.65. The van der Waals surface area contributed by atoms with E-state index in [4.69, 9.17) is 5.11 Å². The van der Waals surface area contributed by atoms with Crippen molar-refractivity contribution in [2.45, 2.75) is 6.92 Å². The molecule has 0 saturated carbocycles. The Morgan fingerprint density at radius 2 is 1.50 bits per heavy atom. The van der Waals surface area contributed by atoms with E-state index in [-0.39, 0.29) is 0 Å². The van der Waals surface area contributed by atoms with Crippen LogP contribution in [0.2, 0.25) is 0 Å². The lowest BCUT2D eigenvalue weighted by Gasteiger charge is -1.92. The van der Waals surface area contributed by atoms with Crippen molar-refractivity contribution < 1.29 is 9.90 Å². The van der Waals surface area contributed by atoms with E-state index in [1.54, 1.807) is 18.2 Å². The summed E-state index contributed by atoms with van der Waals surface area (Å²) in [5.74, 6) is 0.368. The second-order valence-electron chi connectivity index (χ2n) is 3.32. The standard InChI is InChI=1S/C7H8O.C7H6O/c1-6-4-2-3-5-7(6)8;8-6-7-4-2-1-3-5-7/h2-5,8H,1H3;1-6H. The summed E-state index contributed by atoms with van der Waals surface area (Å²) < 4.78 is 0. The zero-order valence-electron chi connectivity index (χ0n) is 9.13. The molecule has 2 rings (SSSR count). The molecular weight excluding hydrogens is 200 g/mol. The number of benzene rings is 2. The molecule has 0 spiro atoms. The van der Waals surface area contributed by atoms with Gasteiger partial charge in [-0.2, -0.15) is 0 Å². The summed E-state index contributed by atoms with van der Waals surface area (Å²) >= 11 is 0. The maximum absolute atomic E-state index is 10.0. The van der Waals surface area contributed by atoms with Crippen molar-refractivity contribution in [1.82, 2.24) is 0 Å². The Morgan fingerprint density at radius 1 is 0.938 bits per heavy atom. The van der Waals surface area contributed by atoms with Crippen molar-refractivity contribution in [3.05, 3.63) is 65.7 Å². The highest BCUT2D eigenvalue weighted by Crippen LogP contribution is 2.12. The van der Waals surface area contributed by atoms with Crippen LogP contribution >= 0.6 is 0 Å². The molecule has 2 heteroatoms. The lowest BCUT2D eigenvalue weighted by Crippen LogP contribution is -1.73. The van der Waals surface area contributed by atoms with E-state index in [9.17, 15) is 4.79 Å². The van der Waals surface area contributed by atoms with Crippen LogP contribution in [0.4, 0.5) is 0 Å². The molecule has 2 aromatic rings. The first-order valence-electron chi connectivity index (χ1n) is 4.99. The fraction of sp³-hybridized carbons (Fsp3) is 0.0714. The van der Waals surface area contributed by atoms with E-state index in [0.29, 0.717) is 5.75 Å². The number of phenolic OH excluding ortho intramolecular Hbond substituents is 1. The van der Waals surface area contributed by atoms with Crippen LogP contribution in [0.3, 0.4) is 0 Å². The highest BCUT2D eigenvalue weighted by Gasteiger charge is 1.87. The van der Waals surface area contributed by atoms with E-state index >= 15 is 0 Å². The molecule has 2 nitrogen and oxygen atoms in total.